The lowest BCUT2D eigenvalue weighted by Gasteiger charge is -2.28. The van der Waals surface area contributed by atoms with Crippen LogP contribution in [0.4, 0.5) is 5.69 Å². The van der Waals surface area contributed by atoms with Gasteiger partial charge in [0.05, 0.1) is 5.69 Å². The largest absolute Gasteiger partial charge is 0.482 e. The Kier molecular flexibility index (Phi) is 4.71. The Balaban J connectivity index is 2.16. The molecule has 0 bridgehead atoms. The number of amides is 2. The van der Waals surface area contributed by atoms with Gasteiger partial charge < -0.3 is 10.1 Å². The van der Waals surface area contributed by atoms with Gasteiger partial charge in [-0.1, -0.05) is 15.9 Å². The zero-order valence-corrected chi connectivity index (χ0v) is 12.5. The van der Waals surface area contributed by atoms with E-state index in [1.165, 1.54) is 4.90 Å². The third-order valence-electron chi connectivity index (χ3n) is 2.60. The quantitative estimate of drug-likeness (QED) is 0.807. The number of hydrogen-bond acceptors (Lipinski definition) is 4. The van der Waals surface area contributed by atoms with Crippen LogP contribution in [0.3, 0.4) is 0 Å². The van der Waals surface area contributed by atoms with Gasteiger partial charge in [0.2, 0.25) is 5.91 Å². The molecule has 0 aliphatic carbocycles. The number of anilines is 1. The van der Waals surface area contributed by atoms with Crippen LogP contribution in [-0.2, 0) is 9.59 Å². The number of fused-ring (bicyclic) bond motifs is 1. The maximum atomic E-state index is 11.8. The van der Waals surface area contributed by atoms with Crippen LogP contribution in [0, 0.1) is 0 Å². The molecule has 0 radical (unpaired) electrons. The number of halogens is 1. The van der Waals surface area contributed by atoms with E-state index in [-0.39, 0.29) is 25.0 Å². The minimum absolute atomic E-state index is 0.00932. The number of thiol groups is 1. The van der Waals surface area contributed by atoms with Crippen LogP contribution >= 0.6 is 28.6 Å². The van der Waals surface area contributed by atoms with Gasteiger partial charge >= 0.3 is 0 Å². The second-order valence-corrected chi connectivity index (χ2v) is 5.32. The van der Waals surface area contributed by atoms with Crippen LogP contribution < -0.4 is 15.0 Å². The summed E-state index contributed by atoms with van der Waals surface area (Å²) in [5, 5.41) is 2.68. The summed E-state index contributed by atoms with van der Waals surface area (Å²) in [5.41, 5.74) is 0.612. The first-order chi connectivity index (χ1) is 9.11. The van der Waals surface area contributed by atoms with Crippen LogP contribution in [0.15, 0.2) is 22.7 Å². The standard InChI is InChI=1S/C12H13BrN2O3S/c13-8-1-2-9-10(5-8)18-7-12(17)15(9)6-11(16)14-3-4-19/h1-2,5,19H,3-4,6-7H2,(H,14,16). The average Bonchev–Trinajstić information content (AvgIpc) is 2.39. The molecule has 0 fully saturated rings. The Hall–Kier alpha value is -1.21. The first-order valence-electron chi connectivity index (χ1n) is 5.72. The topological polar surface area (TPSA) is 58.6 Å². The summed E-state index contributed by atoms with van der Waals surface area (Å²) < 4.78 is 6.21. The summed E-state index contributed by atoms with van der Waals surface area (Å²) in [5.74, 6) is 0.719. The Morgan fingerprint density at radius 1 is 1.53 bits per heavy atom. The van der Waals surface area contributed by atoms with Gasteiger partial charge in [0.15, 0.2) is 6.61 Å². The van der Waals surface area contributed by atoms with Gasteiger partial charge in [-0.15, -0.1) is 0 Å². The molecule has 0 saturated heterocycles. The number of rotatable bonds is 4. The molecule has 1 aromatic rings. The lowest BCUT2D eigenvalue weighted by Crippen LogP contribution is -2.45. The highest BCUT2D eigenvalue weighted by Crippen LogP contribution is 2.34. The van der Waals surface area contributed by atoms with Gasteiger partial charge in [-0.3, -0.25) is 14.5 Å². The predicted octanol–water partition coefficient (Wildman–Crippen LogP) is 1.22. The fourth-order valence-electron chi connectivity index (χ4n) is 1.75. The van der Waals surface area contributed by atoms with Crippen LogP contribution in [0.1, 0.15) is 0 Å². The number of carbonyl (C=O) groups is 2. The molecule has 0 unspecified atom stereocenters. The minimum atomic E-state index is -0.226. The van der Waals surface area contributed by atoms with Crippen molar-refractivity contribution in [3.8, 4) is 5.75 Å². The Morgan fingerprint density at radius 3 is 3.05 bits per heavy atom. The van der Waals surface area contributed by atoms with Crippen molar-refractivity contribution in [2.45, 2.75) is 0 Å². The van der Waals surface area contributed by atoms with Crippen molar-refractivity contribution in [1.29, 1.82) is 0 Å². The average molecular weight is 345 g/mol. The number of hydrogen-bond donors (Lipinski definition) is 2. The number of nitrogens with one attached hydrogen (secondary N) is 1. The Bertz CT molecular complexity index is 510. The minimum Gasteiger partial charge on any atom is -0.482 e. The normalized spacial score (nSPS) is 13.8. The molecule has 19 heavy (non-hydrogen) atoms. The molecule has 1 N–H and O–H groups in total. The maximum absolute atomic E-state index is 11.8. The van der Waals surface area contributed by atoms with E-state index in [4.69, 9.17) is 4.74 Å². The molecule has 1 aliphatic rings. The van der Waals surface area contributed by atoms with Crippen molar-refractivity contribution in [1.82, 2.24) is 5.32 Å². The van der Waals surface area contributed by atoms with Crippen molar-refractivity contribution in [2.24, 2.45) is 0 Å². The molecule has 1 heterocycles. The molecular formula is C12H13BrN2O3S. The van der Waals surface area contributed by atoms with E-state index in [0.29, 0.717) is 23.7 Å². The third-order valence-corrected chi connectivity index (χ3v) is 3.32. The number of ether oxygens (including phenoxy) is 1. The third kappa shape index (κ3) is 3.42. The molecule has 0 aromatic heterocycles. The molecule has 1 aliphatic heterocycles. The summed E-state index contributed by atoms with van der Waals surface area (Å²) in [4.78, 5) is 25.0. The van der Waals surface area contributed by atoms with E-state index in [1.54, 1.807) is 18.2 Å². The van der Waals surface area contributed by atoms with Crippen molar-refractivity contribution in [3.63, 3.8) is 0 Å². The zero-order valence-electron chi connectivity index (χ0n) is 10.1. The lowest BCUT2D eigenvalue weighted by atomic mass is 10.2. The van der Waals surface area contributed by atoms with Crippen LogP contribution in [0.2, 0.25) is 0 Å². The molecule has 2 amide bonds. The zero-order chi connectivity index (χ0) is 13.8. The van der Waals surface area contributed by atoms with E-state index < -0.39 is 0 Å². The first-order valence-corrected chi connectivity index (χ1v) is 7.14. The van der Waals surface area contributed by atoms with Crippen molar-refractivity contribution in [3.05, 3.63) is 22.7 Å². The SMILES string of the molecule is O=C(CN1C(=O)COc2cc(Br)ccc21)NCCS. The van der Waals surface area contributed by atoms with Crippen LogP contribution in [0.5, 0.6) is 5.75 Å². The molecule has 102 valence electrons. The van der Waals surface area contributed by atoms with Crippen molar-refractivity contribution in [2.75, 3.05) is 30.3 Å². The van der Waals surface area contributed by atoms with Gasteiger partial charge in [0, 0.05) is 16.8 Å². The smallest absolute Gasteiger partial charge is 0.265 e. The molecular weight excluding hydrogens is 332 g/mol. The molecule has 5 nitrogen and oxygen atoms in total. The van der Waals surface area contributed by atoms with Gasteiger partial charge in [-0.05, 0) is 18.2 Å². The fourth-order valence-corrected chi connectivity index (χ4v) is 2.20. The molecule has 2 rings (SSSR count). The van der Waals surface area contributed by atoms with Gasteiger partial charge in [-0.25, -0.2) is 0 Å². The van der Waals surface area contributed by atoms with Crippen LogP contribution in [-0.4, -0.2) is 37.3 Å². The van der Waals surface area contributed by atoms with Crippen molar-refractivity contribution >= 4 is 46.1 Å². The summed E-state index contributed by atoms with van der Waals surface area (Å²) in [7, 11) is 0. The van der Waals surface area contributed by atoms with E-state index in [1.807, 2.05) is 0 Å². The molecule has 0 spiro atoms. The highest BCUT2D eigenvalue weighted by atomic mass is 79.9. The molecule has 1 aromatic carbocycles. The number of carbonyl (C=O) groups excluding carboxylic acids is 2. The van der Waals surface area contributed by atoms with E-state index in [2.05, 4.69) is 33.9 Å². The molecule has 0 saturated carbocycles. The molecule has 0 atom stereocenters. The predicted molar refractivity (Wildman–Crippen MR) is 78.9 cm³/mol. The van der Waals surface area contributed by atoms with Gasteiger partial charge in [0.25, 0.3) is 5.91 Å². The summed E-state index contributed by atoms with van der Waals surface area (Å²) >= 11 is 7.35. The first kappa shape index (κ1) is 14.2. The number of nitrogens with zero attached hydrogens (tertiary/aromatic N) is 1. The van der Waals surface area contributed by atoms with E-state index in [0.717, 1.165) is 4.47 Å². The monoisotopic (exact) mass is 344 g/mol. The molecule has 7 heteroatoms. The van der Waals surface area contributed by atoms with Crippen LogP contribution in [0.25, 0.3) is 0 Å². The Morgan fingerprint density at radius 2 is 2.32 bits per heavy atom. The van der Waals surface area contributed by atoms with E-state index in [9.17, 15) is 9.59 Å². The summed E-state index contributed by atoms with van der Waals surface area (Å²) in [6.07, 6.45) is 0. The lowest BCUT2D eigenvalue weighted by molar-refractivity contribution is -0.125. The second kappa shape index (κ2) is 6.29. The number of benzene rings is 1. The highest BCUT2D eigenvalue weighted by molar-refractivity contribution is 9.10. The highest BCUT2D eigenvalue weighted by Gasteiger charge is 2.27. The van der Waals surface area contributed by atoms with Crippen molar-refractivity contribution < 1.29 is 14.3 Å². The fraction of sp³-hybridized carbons (Fsp3) is 0.333. The summed E-state index contributed by atoms with van der Waals surface area (Å²) in [6.45, 7) is 0.418. The maximum Gasteiger partial charge on any atom is 0.265 e. The van der Waals surface area contributed by atoms with Gasteiger partial charge in [-0.2, -0.15) is 12.6 Å². The Labute approximate surface area is 124 Å². The summed E-state index contributed by atoms with van der Waals surface area (Å²) in [6, 6.07) is 5.34. The van der Waals surface area contributed by atoms with E-state index >= 15 is 0 Å². The van der Waals surface area contributed by atoms with Gasteiger partial charge in [0.1, 0.15) is 12.3 Å². The second-order valence-electron chi connectivity index (χ2n) is 3.95.